The van der Waals surface area contributed by atoms with Crippen LogP contribution in [-0.2, 0) is 6.54 Å². The van der Waals surface area contributed by atoms with Gasteiger partial charge in [-0.15, -0.1) is 0 Å². The summed E-state index contributed by atoms with van der Waals surface area (Å²) in [6, 6.07) is 23.6. The van der Waals surface area contributed by atoms with Crippen LogP contribution in [0, 0.1) is 22.0 Å². The molecule has 0 aromatic heterocycles. The molecule has 1 N–H and O–H groups in total. The first-order valence-electron chi connectivity index (χ1n) is 15.0. The average Bonchev–Trinajstić information content (AvgIpc) is 3.45. The summed E-state index contributed by atoms with van der Waals surface area (Å²) in [5.74, 6) is 0.900. The van der Waals surface area contributed by atoms with Gasteiger partial charge in [0.05, 0.1) is 15.5 Å². The van der Waals surface area contributed by atoms with Crippen LogP contribution in [0.2, 0.25) is 5.02 Å². The van der Waals surface area contributed by atoms with Gasteiger partial charge in [0, 0.05) is 50.8 Å². The fourth-order valence-corrected chi connectivity index (χ4v) is 6.52. The highest BCUT2D eigenvalue weighted by Gasteiger charge is 2.38. The largest absolute Gasteiger partial charge is 0.465 e. The lowest BCUT2D eigenvalue weighted by atomic mass is 9.87. The minimum Gasteiger partial charge on any atom is -0.465 e. The van der Waals surface area contributed by atoms with Gasteiger partial charge in [-0.2, -0.15) is 0 Å². The SMILES string of the molecule is O=C(O)N(CC=CC1CCN(C[C@H]2CN(C(=O)c3ccccc3Cl)C[C@@H]2c2ccccc2)CC1)Cc1ccc([N+](=O)[O-])cc1. The number of likely N-dealkylation sites (tertiary alicyclic amines) is 2. The number of piperidine rings is 1. The van der Waals surface area contributed by atoms with Gasteiger partial charge in [0.15, 0.2) is 0 Å². The first-order valence-corrected chi connectivity index (χ1v) is 15.3. The quantitative estimate of drug-likeness (QED) is 0.157. The molecule has 0 bridgehead atoms. The van der Waals surface area contributed by atoms with Gasteiger partial charge in [-0.1, -0.05) is 78.4 Å². The van der Waals surface area contributed by atoms with E-state index in [-0.39, 0.29) is 30.6 Å². The fourth-order valence-electron chi connectivity index (χ4n) is 6.30. The lowest BCUT2D eigenvalue weighted by Gasteiger charge is -2.33. The Morgan fingerprint density at radius 1 is 0.977 bits per heavy atom. The number of rotatable bonds is 10. The Labute approximate surface area is 262 Å². The van der Waals surface area contributed by atoms with Gasteiger partial charge in [0.2, 0.25) is 0 Å². The zero-order chi connectivity index (χ0) is 31.1. The number of carbonyl (C=O) groups is 2. The fraction of sp³-hybridized carbons (Fsp3) is 0.353. The van der Waals surface area contributed by atoms with E-state index in [9.17, 15) is 24.8 Å². The van der Waals surface area contributed by atoms with E-state index >= 15 is 0 Å². The first kappa shape index (κ1) is 31.2. The molecular formula is C34H37ClN4O5. The van der Waals surface area contributed by atoms with E-state index in [4.69, 9.17) is 11.6 Å². The van der Waals surface area contributed by atoms with Crippen LogP contribution < -0.4 is 0 Å². The topological polar surface area (TPSA) is 107 Å². The number of hydrogen-bond donors (Lipinski definition) is 1. The number of amides is 2. The van der Waals surface area contributed by atoms with E-state index in [0.29, 0.717) is 41.1 Å². The van der Waals surface area contributed by atoms with E-state index in [0.717, 1.165) is 32.5 Å². The summed E-state index contributed by atoms with van der Waals surface area (Å²) in [5.41, 5.74) is 2.48. The molecule has 2 fully saturated rings. The van der Waals surface area contributed by atoms with E-state index < -0.39 is 11.0 Å². The molecule has 2 saturated heterocycles. The molecule has 2 aliphatic heterocycles. The van der Waals surface area contributed by atoms with Crippen molar-refractivity contribution in [3.05, 3.63) is 123 Å². The minimum absolute atomic E-state index is 0.0201. The summed E-state index contributed by atoms with van der Waals surface area (Å²) in [4.78, 5) is 41.4. The Bertz CT molecular complexity index is 1470. The molecule has 230 valence electrons. The van der Waals surface area contributed by atoms with E-state index in [1.165, 1.54) is 22.6 Å². The van der Waals surface area contributed by atoms with Crippen molar-refractivity contribution >= 4 is 29.3 Å². The number of hydrogen-bond acceptors (Lipinski definition) is 5. The predicted molar refractivity (Wildman–Crippen MR) is 170 cm³/mol. The number of nitro benzene ring substituents is 1. The molecule has 2 atom stereocenters. The molecule has 0 spiro atoms. The lowest BCUT2D eigenvalue weighted by Crippen LogP contribution is -2.38. The lowest BCUT2D eigenvalue weighted by molar-refractivity contribution is -0.384. The number of benzene rings is 3. The van der Waals surface area contributed by atoms with Gasteiger partial charge in [-0.05, 0) is 61.0 Å². The molecule has 2 amide bonds. The van der Waals surface area contributed by atoms with Crippen LogP contribution in [0.4, 0.5) is 10.5 Å². The molecule has 3 aromatic carbocycles. The number of halogens is 1. The maximum atomic E-state index is 13.4. The molecule has 0 radical (unpaired) electrons. The Balaban J connectivity index is 1.15. The summed E-state index contributed by atoms with van der Waals surface area (Å²) in [7, 11) is 0. The summed E-state index contributed by atoms with van der Waals surface area (Å²) < 4.78 is 0. The van der Waals surface area contributed by atoms with E-state index in [2.05, 4.69) is 35.2 Å². The van der Waals surface area contributed by atoms with Crippen molar-refractivity contribution in [1.29, 1.82) is 0 Å². The van der Waals surface area contributed by atoms with Crippen LogP contribution in [0.3, 0.4) is 0 Å². The Morgan fingerprint density at radius 2 is 1.66 bits per heavy atom. The summed E-state index contributed by atoms with van der Waals surface area (Å²) in [6.45, 7) is 4.55. The second kappa shape index (κ2) is 14.5. The summed E-state index contributed by atoms with van der Waals surface area (Å²) in [5, 5.41) is 21.0. The molecule has 0 unspecified atom stereocenters. The monoisotopic (exact) mass is 616 g/mol. The zero-order valence-electron chi connectivity index (χ0n) is 24.5. The van der Waals surface area contributed by atoms with Crippen molar-refractivity contribution in [2.24, 2.45) is 11.8 Å². The second-order valence-corrected chi connectivity index (χ2v) is 12.0. The van der Waals surface area contributed by atoms with Crippen LogP contribution in [-0.4, -0.2) is 76.0 Å². The Kier molecular flexibility index (Phi) is 10.3. The van der Waals surface area contributed by atoms with Crippen LogP contribution in [0.25, 0.3) is 0 Å². The molecule has 5 rings (SSSR count). The number of allylic oxidation sites excluding steroid dienone is 1. The van der Waals surface area contributed by atoms with Crippen molar-refractivity contribution in [2.75, 3.05) is 39.3 Å². The van der Waals surface area contributed by atoms with Crippen molar-refractivity contribution in [1.82, 2.24) is 14.7 Å². The molecule has 10 heteroatoms. The zero-order valence-corrected chi connectivity index (χ0v) is 25.3. The molecule has 0 aliphatic carbocycles. The van der Waals surface area contributed by atoms with E-state index in [1.54, 1.807) is 24.3 Å². The number of nitro groups is 1. The first-order chi connectivity index (χ1) is 21.3. The van der Waals surface area contributed by atoms with Gasteiger partial charge in [0.1, 0.15) is 0 Å². The average molecular weight is 617 g/mol. The third-order valence-corrected chi connectivity index (χ3v) is 9.04. The standard InChI is InChI=1S/C34H37ClN4O5/c35-32-11-5-4-10-30(32)33(40)38-23-28(31(24-38)27-8-2-1-3-9-27)22-36-19-16-25(17-20-36)7-6-18-37(34(41)42)21-26-12-14-29(15-13-26)39(43)44/h1-15,25,28,31H,16-24H2,(H,41,42)/t28-,31+/m0/s1. The van der Waals surface area contributed by atoms with Crippen LogP contribution in [0.1, 0.15) is 40.2 Å². The van der Waals surface area contributed by atoms with Crippen LogP contribution in [0.15, 0.2) is 91.0 Å². The molecular weight excluding hydrogens is 580 g/mol. The van der Waals surface area contributed by atoms with Gasteiger partial charge in [-0.3, -0.25) is 14.9 Å². The Hall–Kier alpha value is -4.21. The van der Waals surface area contributed by atoms with Crippen LogP contribution in [0.5, 0.6) is 0 Å². The molecule has 2 heterocycles. The number of carboxylic acid groups (broad SMARTS) is 1. The predicted octanol–water partition coefficient (Wildman–Crippen LogP) is 6.55. The number of non-ortho nitro benzene ring substituents is 1. The summed E-state index contributed by atoms with van der Waals surface area (Å²) >= 11 is 6.36. The van der Waals surface area contributed by atoms with Gasteiger partial charge < -0.3 is 19.8 Å². The highest BCUT2D eigenvalue weighted by atomic mass is 35.5. The maximum Gasteiger partial charge on any atom is 0.407 e. The highest BCUT2D eigenvalue weighted by molar-refractivity contribution is 6.33. The smallest absolute Gasteiger partial charge is 0.407 e. The van der Waals surface area contributed by atoms with Gasteiger partial charge in [-0.25, -0.2) is 4.79 Å². The van der Waals surface area contributed by atoms with Gasteiger partial charge >= 0.3 is 6.09 Å². The van der Waals surface area contributed by atoms with Crippen LogP contribution >= 0.6 is 11.6 Å². The van der Waals surface area contributed by atoms with Gasteiger partial charge in [0.25, 0.3) is 11.6 Å². The van der Waals surface area contributed by atoms with E-state index in [1.807, 2.05) is 29.2 Å². The number of nitrogens with zero attached hydrogens (tertiary/aromatic N) is 4. The van der Waals surface area contributed by atoms with Crippen molar-refractivity contribution < 1.29 is 19.6 Å². The molecule has 9 nitrogen and oxygen atoms in total. The maximum absolute atomic E-state index is 13.4. The third kappa shape index (κ3) is 7.84. The molecule has 2 aliphatic rings. The minimum atomic E-state index is -1.03. The molecule has 44 heavy (non-hydrogen) atoms. The second-order valence-electron chi connectivity index (χ2n) is 11.6. The van der Waals surface area contributed by atoms with Crippen molar-refractivity contribution in [3.8, 4) is 0 Å². The van der Waals surface area contributed by atoms with Crippen molar-refractivity contribution in [3.63, 3.8) is 0 Å². The molecule has 3 aromatic rings. The normalized spacial score (nSPS) is 19.3. The molecule has 0 saturated carbocycles. The van der Waals surface area contributed by atoms with Crippen molar-refractivity contribution in [2.45, 2.75) is 25.3 Å². The number of carbonyl (C=O) groups excluding carboxylic acids is 1. The third-order valence-electron chi connectivity index (χ3n) is 8.71. The summed E-state index contributed by atoms with van der Waals surface area (Å²) in [6.07, 6.45) is 4.97. The Morgan fingerprint density at radius 3 is 2.32 bits per heavy atom. The highest BCUT2D eigenvalue weighted by Crippen LogP contribution is 2.35.